The van der Waals surface area contributed by atoms with Gasteiger partial charge in [0.2, 0.25) is 0 Å². The van der Waals surface area contributed by atoms with E-state index in [-0.39, 0.29) is 0 Å². The molecule has 0 amide bonds. The normalized spacial score (nSPS) is 15.3. The smallest absolute Gasteiger partial charge is 0.119 e. The van der Waals surface area contributed by atoms with Crippen molar-refractivity contribution in [1.29, 1.82) is 0 Å². The minimum absolute atomic E-state index is 0.796. The minimum Gasteiger partial charge on any atom is -0.493 e. The third-order valence-electron chi connectivity index (χ3n) is 2.99. The fraction of sp³-hybridized carbons (Fsp3) is 0.467. The van der Waals surface area contributed by atoms with E-state index in [4.69, 9.17) is 4.74 Å². The molecule has 0 saturated heterocycles. The van der Waals surface area contributed by atoms with E-state index in [9.17, 15) is 0 Å². The Bertz CT molecular complexity index is 386. The Balaban J connectivity index is 1.87. The summed E-state index contributed by atoms with van der Waals surface area (Å²) in [6.07, 6.45) is 3.39. The van der Waals surface area contributed by atoms with Crippen molar-refractivity contribution in [2.24, 2.45) is 0 Å². The lowest BCUT2D eigenvalue weighted by molar-refractivity contribution is 0.344. The average Bonchev–Trinajstić information content (AvgIpc) is 2.45. The molecule has 0 bridgehead atoms. The summed E-state index contributed by atoms with van der Waals surface area (Å²) in [5.41, 5.74) is 2.77. The summed E-state index contributed by atoms with van der Waals surface area (Å²) < 4.78 is 5.70. The maximum absolute atomic E-state index is 5.70. The van der Waals surface area contributed by atoms with E-state index < -0.39 is 0 Å². The first-order chi connectivity index (χ1) is 8.90. The number of thioether (sulfide) groups is 1. The highest BCUT2D eigenvalue weighted by molar-refractivity contribution is 7.99. The molecule has 2 rings (SSSR count). The molecular weight excluding hydrogens is 242 g/mol. The van der Waals surface area contributed by atoms with Gasteiger partial charge in [-0.15, -0.1) is 0 Å². The largest absolute Gasteiger partial charge is 0.493 e. The summed E-state index contributed by atoms with van der Waals surface area (Å²) >= 11 is 1.91. The summed E-state index contributed by atoms with van der Waals surface area (Å²) in [4.78, 5) is 0. The van der Waals surface area contributed by atoms with Crippen LogP contribution in [0.5, 0.6) is 5.75 Å². The molecule has 0 fully saturated rings. The van der Waals surface area contributed by atoms with Gasteiger partial charge < -0.3 is 10.1 Å². The molecule has 0 saturated carbocycles. The van der Waals surface area contributed by atoms with Crippen molar-refractivity contribution in [3.63, 3.8) is 0 Å². The minimum atomic E-state index is 0.796. The molecule has 1 aromatic carbocycles. The molecule has 3 heteroatoms. The first kappa shape index (κ1) is 13.5. The van der Waals surface area contributed by atoms with Crippen LogP contribution in [0.25, 0.3) is 5.57 Å². The molecule has 0 aromatic heterocycles. The quantitative estimate of drug-likeness (QED) is 0.796. The Hall–Kier alpha value is -0.930. The van der Waals surface area contributed by atoms with E-state index >= 15 is 0 Å². The van der Waals surface area contributed by atoms with Crippen molar-refractivity contribution in [1.82, 2.24) is 5.32 Å². The molecule has 0 unspecified atom stereocenters. The van der Waals surface area contributed by atoms with Crippen molar-refractivity contribution < 1.29 is 4.74 Å². The number of nitrogens with one attached hydrogen (secondary N) is 1. The molecule has 2 nitrogen and oxygen atoms in total. The molecule has 0 aliphatic carbocycles. The van der Waals surface area contributed by atoms with Gasteiger partial charge in [-0.05, 0) is 42.0 Å². The topological polar surface area (TPSA) is 21.3 Å². The van der Waals surface area contributed by atoms with Crippen LogP contribution in [0.1, 0.15) is 18.9 Å². The number of benzene rings is 1. The molecule has 0 atom stereocenters. The molecular formula is C15H21NOS. The van der Waals surface area contributed by atoms with Gasteiger partial charge in [0, 0.05) is 12.3 Å². The lowest BCUT2D eigenvalue weighted by Crippen LogP contribution is -2.19. The summed E-state index contributed by atoms with van der Waals surface area (Å²) in [7, 11) is 0. The van der Waals surface area contributed by atoms with Crippen LogP contribution in [0, 0.1) is 0 Å². The Kier molecular flexibility index (Phi) is 5.62. The predicted octanol–water partition coefficient (Wildman–Crippen LogP) is 3.20. The van der Waals surface area contributed by atoms with Crippen molar-refractivity contribution in [3.8, 4) is 5.75 Å². The zero-order valence-electron chi connectivity index (χ0n) is 10.9. The molecule has 1 aliphatic heterocycles. The Morgan fingerprint density at radius 1 is 1.28 bits per heavy atom. The molecule has 1 aromatic rings. The maximum Gasteiger partial charge on any atom is 0.119 e. The van der Waals surface area contributed by atoms with E-state index in [1.807, 2.05) is 11.8 Å². The maximum atomic E-state index is 5.70. The van der Waals surface area contributed by atoms with Crippen LogP contribution in [0.2, 0.25) is 0 Å². The fourth-order valence-corrected chi connectivity index (χ4v) is 2.50. The number of ether oxygens (including phenoxy) is 1. The van der Waals surface area contributed by atoms with E-state index in [2.05, 4.69) is 42.6 Å². The second kappa shape index (κ2) is 7.49. The van der Waals surface area contributed by atoms with Gasteiger partial charge in [0.05, 0.1) is 6.61 Å². The van der Waals surface area contributed by atoms with E-state index in [0.29, 0.717) is 0 Å². The molecule has 1 heterocycles. The zero-order valence-corrected chi connectivity index (χ0v) is 11.8. The number of rotatable bonds is 6. The SMILES string of the molecule is CCSCCOc1ccc(C2=CCNCC2)cc1. The average molecular weight is 263 g/mol. The summed E-state index contributed by atoms with van der Waals surface area (Å²) in [6.45, 7) is 5.04. The van der Waals surface area contributed by atoms with Gasteiger partial charge in [0.1, 0.15) is 5.75 Å². The molecule has 18 heavy (non-hydrogen) atoms. The summed E-state index contributed by atoms with van der Waals surface area (Å²) in [5.74, 6) is 3.20. The van der Waals surface area contributed by atoms with Crippen LogP contribution in [0.3, 0.4) is 0 Å². The fourth-order valence-electron chi connectivity index (χ4n) is 2.01. The summed E-state index contributed by atoms with van der Waals surface area (Å²) in [6, 6.07) is 8.49. The van der Waals surface area contributed by atoms with Crippen LogP contribution in [0.15, 0.2) is 30.3 Å². The predicted molar refractivity (Wildman–Crippen MR) is 80.4 cm³/mol. The van der Waals surface area contributed by atoms with Crippen LogP contribution < -0.4 is 10.1 Å². The molecule has 1 aliphatic rings. The Labute approximate surface area is 114 Å². The molecule has 98 valence electrons. The highest BCUT2D eigenvalue weighted by atomic mass is 32.2. The van der Waals surface area contributed by atoms with Crippen molar-refractivity contribution in [3.05, 3.63) is 35.9 Å². The van der Waals surface area contributed by atoms with E-state index in [1.165, 1.54) is 11.1 Å². The van der Waals surface area contributed by atoms with Gasteiger partial charge in [0.15, 0.2) is 0 Å². The zero-order chi connectivity index (χ0) is 12.6. The van der Waals surface area contributed by atoms with Gasteiger partial charge in [-0.25, -0.2) is 0 Å². The first-order valence-corrected chi connectivity index (χ1v) is 7.76. The molecule has 0 radical (unpaired) electrons. The second-order valence-corrected chi connectivity index (χ2v) is 5.65. The van der Waals surface area contributed by atoms with Gasteiger partial charge in [-0.3, -0.25) is 0 Å². The van der Waals surface area contributed by atoms with Crippen LogP contribution in [-0.2, 0) is 0 Å². The van der Waals surface area contributed by atoms with Crippen LogP contribution in [-0.4, -0.2) is 31.2 Å². The van der Waals surface area contributed by atoms with Crippen molar-refractivity contribution >= 4 is 17.3 Å². The molecule has 0 spiro atoms. The third-order valence-corrected chi connectivity index (χ3v) is 3.85. The standard InChI is InChI=1S/C15H21NOS/c1-2-18-12-11-17-15-5-3-13(4-6-15)14-7-9-16-10-8-14/h3-7,16H,2,8-12H2,1H3. The van der Waals surface area contributed by atoms with Gasteiger partial charge in [0.25, 0.3) is 0 Å². The number of hydrogen-bond acceptors (Lipinski definition) is 3. The van der Waals surface area contributed by atoms with Crippen molar-refractivity contribution in [2.45, 2.75) is 13.3 Å². The van der Waals surface area contributed by atoms with Gasteiger partial charge in [-0.2, -0.15) is 11.8 Å². The van der Waals surface area contributed by atoms with Crippen LogP contribution in [0.4, 0.5) is 0 Å². The van der Waals surface area contributed by atoms with Crippen LogP contribution >= 0.6 is 11.8 Å². The second-order valence-electron chi connectivity index (χ2n) is 4.25. The Morgan fingerprint density at radius 2 is 2.11 bits per heavy atom. The first-order valence-electron chi connectivity index (χ1n) is 6.61. The van der Waals surface area contributed by atoms with E-state index in [0.717, 1.165) is 43.4 Å². The lowest BCUT2D eigenvalue weighted by Gasteiger charge is -2.14. The number of hydrogen-bond donors (Lipinski definition) is 1. The lowest BCUT2D eigenvalue weighted by atomic mass is 10.0. The summed E-state index contributed by atoms with van der Waals surface area (Å²) in [5, 5.41) is 3.33. The monoisotopic (exact) mass is 263 g/mol. The Morgan fingerprint density at radius 3 is 2.78 bits per heavy atom. The van der Waals surface area contributed by atoms with Crippen molar-refractivity contribution in [2.75, 3.05) is 31.2 Å². The highest BCUT2D eigenvalue weighted by Gasteiger charge is 2.05. The van der Waals surface area contributed by atoms with Gasteiger partial charge >= 0.3 is 0 Å². The molecule has 1 N–H and O–H groups in total. The third kappa shape index (κ3) is 4.07. The van der Waals surface area contributed by atoms with Gasteiger partial charge in [-0.1, -0.05) is 25.1 Å². The highest BCUT2D eigenvalue weighted by Crippen LogP contribution is 2.22. The van der Waals surface area contributed by atoms with E-state index in [1.54, 1.807) is 0 Å².